The van der Waals surface area contributed by atoms with Crippen LogP contribution < -0.4 is 5.56 Å². The molecule has 0 atom stereocenters. The van der Waals surface area contributed by atoms with Crippen LogP contribution in [0.15, 0.2) is 29.3 Å². The van der Waals surface area contributed by atoms with Gasteiger partial charge in [0, 0.05) is 29.7 Å². The average Bonchev–Trinajstić information content (AvgIpc) is 3.07. The highest BCUT2D eigenvalue weighted by Crippen LogP contribution is 2.31. The van der Waals surface area contributed by atoms with Gasteiger partial charge in [-0.1, -0.05) is 11.6 Å². The maximum Gasteiger partial charge on any atom is 0.277 e. The molecule has 0 aliphatic heterocycles. The first-order valence-corrected chi connectivity index (χ1v) is 9.81. The zero-order valence-electron chi connectivity index (χ0n) is 17.5. The van der Waals surface area contributed by atoms with Gasteiger partial charge in [0.15, 0.2) is 17.5 Å². The number of hydrogen-bond acceptors (Lipinski definition) is 6. The molecule has 4 rings (SSSR count). The van der Waals surface area contributed by atoms with Crippen LogP contribution in [0.5, 0.6) is 5.75 Å². The molecule has 4 aromatic rings. The maximum atomic E-state index is 15.7. The van der Waals surface area contributed by atoms with Gasteiger partial charge in [-0.2, -0.15) is 4.68 Å². The van der Waals surface area contributed by atoms with Gasteiger partial charge in [0.2, 0.25) is 0 Å². The third kappa shape index (κ3) is 3.32. The van der Waals surface area contributed by atoms with Crippen molar-refractivity contribution in [2.45, 2.75) is 27.7 Å². The molecule has 0 radical (unpaired) electrons. The minimum absolute atomic E-state index is 0.148. The lowest BCUT2D eigenvalue weighted by molar-refractivity contribution is 0.472. The van der Waals surface area contributed by atoms with Crippen LogP contribution in [0.4, 0.5) is 8.78 Å². The van der Waals surface area contributed by atoms with Crippen molar-refractivity contribution < 1.29 is 13.9 Å². The van der Waals surface area contributed by atoms with E-state index in [1.54, 1.807) is 20.8 Å². The highest BCUT2D eigenvalue weighted by molar-refractivity contribution is 6.31. The van der Waals surface area contributed by atoms with Gasteiger partial charge < -0.3 is 5.11 Å². The highest BCUT2D eigenvalue weighted by Gasteiger charge is 2.24. The van der Waals surface area contributed by atoms with E-state index in [1.165, 1.54) is 36.1 Å². The predicted octanol–water partition coefficient (Wildman–Crippen LogP) is 3.75. The fourth-order valence-corrected chi connectivity index (χ4v) is 3.62. The Morgan fingerprint density at radius 3 is 2.47 bits per heavy atom. The maximum absolute atomic E-state index is 15.7. The molecule has 0 bridgehead atoms. The number of nitrogens with zero attached hydrogens (tertiary/aromatic N) is 6. The summed E-state index contributed by atoms with van der Waals surface area (Å²) in [5.74, 6) is -1.53. The predicted molar refractivity (Wildman–Crippen MR) is 114 cm³/mol. The first-order valence-electron chi connectivity index (χ1n) is 9.44. The van der Waals surface area contributed by atoms with Gasteiger partial charge in [0.05, 0.1) is 5.69 Å². The van der Waals surface area contributed by atoms with Crippen LogP contribution in [0.2, 0.25) is 5.02 Å². The summed E-state index contributed by atoms with van der Waals surface area (Å²) < 4.78 is 33.4. The molecule has 0 spiro atoms. The van der Waals surface area contributed by atoms with E-state index in [2.05, 4.69) is 20.1 Å². The van der Waals surface area contributed by atoms with Crippen LogP contribution in [0.3, 0.4) is 0 Å². The number of aryl methyl sites for hydroxylation is 4. The first-order chi connectivity index (χ1) is 15.1. The summed E-state index contributed by atoms with van der Waals surface area (Å²) in [7, 11) is 0. The van der Waals surface area contributed by atoms with Crippen molar-refractivity contribution in [3.63, 3.8) is 0 Å². The number of aromatic nitrogens is 6. The molecule has 0 aliphatic carbocycles. The Morgan fingerprint density at radius 1 is 1.09 bits per heavy atom. The summed E-state index contributed by atoms with van der Waals surface area (Å²) in [5.41, 5.74) is -0.900. The Morgan fingerprint density at radius 2 is 1.81 bits per heavy atom. The molecular formula is C21H17ClF2N6O2. The highest BCUT2D eigenvalue weighted by atomic mass is 35.5. The van der Waals surface area contributed by atoms with Crippen LogP contribution in [0.1, 0.15) is 22.9 Å². The molecule has 0 aromatic carbocycles. The Kier molecular flexibility index (Phi) is 5.25. The minimum atomic E-state index is -0.931. The van der Waals surface area contributed by atoms with E-state index in [0.717, 1.165) is 4.57 Å². The molecule has 4 aromatic heterocycles. The molecule has 0 aliphatic rings. The van der Waals surface area contributed by atoms with Gasteiger partial charge in [-0.05, 0) is 39.3 Å². The van der Waals surface area contributed by atoms with Crippen molar-refractivity contribution in [2.75, 3.05) is 0 Å². The Hall–Kier alpha value is -3.66. The molecule has 0 saturated heterocycles. The average molecular weight is 459 g/mol. The molecule has 8 nitrogen and oxygen atoms in total. The van der Waals surface area contributed by atoms with Crippen molar-refractivity contribution in [2.24, 2.45) is 0 Å². The molecule has 1 N–H and O–H groups in total. The summed E-state index contributed by atoms with van der Waals surface area (Å²) >= 11 is 5.89. The lowest BCUT2D eigenvalue weighted by Crippen LogP contribution is -2.23. The first kappa shape index (κ1) is 21.6. The topological polar surface area (TPSA) is 98.7 Å². The van der Waals surface area contributed by atoms with Crippen LogP contribution in [-0.2, 0) is 0 Å². The van der Waals surface area contributed by atoms with Crippen LogP contribution in [-0.4, -0.2) is 34.4 Å². The monoisotopic (exact) mass is 458 g/mol. The van der Waals surface area contributed by atoms with Crippen molar-refractivity contribution in [3.8, 4) is 28.5 Å². The van der Waals surface area contributed by atoms with Crippen molar-refractivity contribution >= 4 is 11.6 Å². The van der Waals surface area contributed by atoms with E-state index in [9.17, 15) is 9.90 Å². The van der Waals surface area contributed by atoms with Crippen LogP contribution in [0, 0.1) is 39.3 Å². The zero-order valence-corrected chi connectivity index (χ0v) is 18.2. The number of halogens is 3. The van der Waals surface area contributed by atoms with E-state index in [4.69, 9.17) is 11.6 Å². The summed E-state index contributed by atoms with van der Waals surface area (Å²) in [6.45, 7) is 6.36. The molecule has 164 valence electrons. The van der Waals surface area contributed by atoms with Crippen molar-refractivity contribution in [3.05, 3.63) is 74.4 Å². The van der Waals surface area contributed by atoms with Crippen molar-refractivity contribution in [1.29, 1.82) is 0 Å². The second kappa shape index (κ2) is 7.79. The van der Waals surface area contributed by atoms with Crippen LogP contribution in [0.25, 0.3) is 22.8 Å². The zero-order chi connectivity index (χ0) is 23.3. The molecule has 0 saturated carbocycles. The second-order valence-corrected chi connectivity index (χ2v) is 7.57. The van der Waals surface area contributed by atoms with Gasteiger partial charge in [0.1, 0.15) is 28.1 Å². The third-order valence-corrected chi connectivity index (χ3v) is 5.27. The smallest absolute Gasteiger partial charge is 0.277 e. The largest absolute Gasteiger partial charge is 0.506 e. The van der Waals surface area contributed by atoms with Crippen molar-refractivity contribution in [1.82, 2.24) is 29.3 Å². The van der Waals surface area contributed by atoms with E-state index in [0.29, 0.717) is 17.2 Å². The van der Waals surface area contributed by atoms with E-state index < -0.39 is 28.0 Å². The minimum Gasteiger partial charge on any atom is -0.506 e. The Balaban J connectivity index is 1.98. The van der Waals surface area contributed by atoms with E-state index in [-0.39, 0.29) is 28.5 Å². The summed E-state index contributed by atoms with van der Waals surface area (Å²) in [6, 6.07) is 2.52. The number of rotatable bonds is 3. The quantitative estimate of drug-likeness (QED) is 0.502. The van der Waals surface area contributed by atoms with Crippen LogP contribution >= 0.6 is 11.6 Å². The lowest BCUT2D eigenvalue weighted by Gasteiger charge is -2.17. The van der Waals surface area contributed by atoms with E-state index >= 15 is 8.78 Å². The number of hydrogen-bond donors (Lipinski definition) is 1. The van der Waals surface area contributed by atoms with Gasteiger partial charge in [-0.25, -0.2) is 18.7 Å². The van der Waals surface area contributed by atoms with Gasteiger partial charge in [-0.15, -0.1) is 5.10 Å². The Bertz CT molecular complexity index is 1450. The van der Waals surface area contributed by atoms with Gasteiger partial charge in [0.25, 0.3) is 5.56 Å². The molecule has 0 unspecified atom stereocenters. The lowest BCUT2D eigenvalue weighted by atomic mass is 10.1. The second-order valence-electron chi connectivity index (χ2n) is 7.19. The van der Waals surface area contributed by atoms with E-state index in [1.807, 2.05) is 0 Å². The number of aromatic hydroxyl groups is 1. The molecule has 0 fully saturated rings. The summed E-state index contributed by atoms with van der Waals surface area (Å²) in [5, 5.41) is 13.5. The molecular weight excluding hydrogens is 442 g/mol. The standard InChI is InChI=1S/C21H17ClF2N6O2/c1-9-8-26-18(17(24)19(9)29-10(2)7-14(31)15(22)21(29)32)13-5-6-25-20(16(13)23)30-12(4)27-11(3)28-30/h5-8,31H,1-4H3. The Labute approximate surface area is 185 Å². The van der Waals surface area contributed by atoms with Gasteiger partial charge in [-0.3, -0.25) is 14.3 Å². The molecule has 4 heterocycles. The summed E-state index contributed by atoms with van der Waals surface area (Å²) in [6.07, 6.45) is 2.63. The van der Waals surface area contributed by atoms with Gasteiger partial charge >= 0.3 is 0 Å². The molecule has 32 heavy (non-hydrogen) atoms. The summed E-state index contributed by atoms with van der Waals surface area (Å²) in [4.78, 5) is 24.9. The SMILES string of the molecule is Cc1nc(C)n(-c2nccc(-c3ncc(C)c(-n4c(C)cc(O)c(Cl)c4=O)c3F)c2F)n1. The molecule has 0 amide bonds. The molecule has 11 heteroatoms. The third-order valence-electron chi connectivity index (χ3n) is 4.92. The normalized spacial score (nSPS) is 11.2. The fourth-order valence-electron chi connectivity index (χ4n) is 3.48. The fraction of sp³-hybridized carbons (Fsp3) is 0.190. The number of pyridine rings is 3.